The predicted molar refractivity (Wildman–Crippen MR) is 69.6 cm³/mol. The van der Waals surface area contributed by atoms with Gasteiger partial charge in [0.25, 0.3) is 0 Å². The van der Waals surface area contributed by atoms with Crippen LogP contribution in [0.2, 0.25) is 0 Å². The van der Waals surface area contributed by atoms with Crippen LogP contribution in [0.25, 0.3) is 11.4 Å². The third-order valence-electron chi connectivity index (χ3n) is 2.74. The molecular weight excluding hydrogens is 229 g/mol. The van der Waals surface area contributed by atoms with E-state index in [1.165, 1.54) is 12.1 Å². The van der Waals surface area contributed by atoms with Crippen LogP contribution in [0.1, 0.15) is 18.2 Å². The zero-order valence-corrected chi connectivity index (χ0v) is 10.6. The van der Waals surface area contributed by atoms with Gasteiger partial charge in [-0.15, -0.1) is 0 Å². The Morgan fingerprint density at radius 2 is 2.17 bits per heavy atom. The number of rotatable bonds is 4. The van der Waals surface area contributed by atoms with Gasteiger partial charge in [0.2, 0.25) is 0 Å². The van der Waals surface area contributed by atoms with E-state index < -0.39 is 0 Å². The molecule has 4 heteroatoms. The van der Waals surface area contributed by atoms with Crippen molar-refractivity contribution in [3.05, 3.63) is 47.5 Å². The Morgan fingerprint density at radius 1 is 1.33 bits per heavy atom. The topological polar surface area (TPSA) is 37.8 Å². The lowest BCUT2D eigenvalue weighted by atomic mass is 10.1. The Balaban J connectivity index is 2.41. The summed E-state index contributed by atoms with van der Waals surface area (Å²) >= 11 is 0. The Kier molecular flexibility index (Phi) is 3.99. The van der Waals surface area contributed by atoms with Gasteiger partial charge >= 0.3 is 0 Å². The molecule has 0 aliphatic carbocycles. The van der Waals surface area contributed by atoms with Gasteiger partial charge in [0.1, 0.15) is 5.82 Å². The molecule has 0 saturated heterocycles. The molecule has 2 rings (SSSR count). The van der Waals surface area contributed by atoms with Gasteiger partial charge in [-0.25, -0.2) is 14.4 Å². The first-order valence-corrected chi connectivity index (χ1v) is 6.00. The Labute approximate surface area is 106 Å². The maximum Gasteiger partial charge on any atom is 0.159 e. The van der Waals surface area contributed by atoms with E-state index in [1.54, 1.807) is 6.07 Å². The lowest BCUT2D eigenvalue weighted by molar-refractivity contribution is 0.628. The first-order valence-electron chi connectivity index (χ1n) is 6.00. The molecular formula is C14H16FN3. The molecule has 0 spiro atoms. The number of aromatic nitrogens is 2. The average molecular weight is 245 g/mol. The summed E-state index contributed by atoms with van der Waals surface area (Å²) in [7, 11) is 1.89. The van der Waals surface area contributed by atoms with Crippen molar-refractivity contribution in [1.29, 1.82) is 0 Å². The predicted octanol–water partition coefficient (Wildman–Crippen LogP) is 2.56. The fourth-order valence-corrected chi connectivity index (χ4v) is 1.85. The Morgan fingerprint density at radius 3 is 2.83 bits per heavy atom. The molecule has 0 atom stereocenters. The van der Waals surface area contributed by atoms with Gasteiger partial charge in [-0.3, -0.25) is 0 Å². The van der Waals surface area contributed by atoms with E-state index in [1.807, 2.05) is 19.3 Å². The van der Waals surface area contributed by atoms with Crippen LogP contribution in [-0.4, -0.2) is 17.0 Å². The molecule has 1 N–H and O–H groups in total. The standard InChI is InChI=1S/C14H16FN3/c1-3-13-11(8-16-2)9-17-14(18-13)10-5-4-6-12(15)7-10/h4-7,9,16H,3,8H2,1-2H3. The summed E-state index contributed by atoms with van der Waals surface area (Å²) in [4.78, 5) is 8.80. The second-order valence-electron chi connectivity index (χ2n) is 4.06. The minimum Gasteiger partial charge on any atom is -0.316 e. The van der Waals surface area contributed by atoms with Gasteiger partial charge in [0.05, 0.1) is 0 Å². The lowest BCUT2D eigenvalue weighted by Gasteiger charge is -2.08. The largest absolute Gasteiger partial charge is 0.316 e. The van der Waals surface area contributed by atoms with Gasteiger partial charge in [-0.1, -0.05) is 19.1 Å². The van der Waals surface area contributed by atoms with Crippen molar-refractivity contribution in [3.63, 3.8) is 0 Å². The molecule has 3 nitrogen and oxygen atoms in total. The van der Waals surface area contributed by atoms with Crippen LogP contribution >= 0.6 is 0 Å². The maximum absolute atomic E-state index is 13.2. The number of nitrogens with zero attached hydrogens (tertiary/aromatic N) is 2. The van der Waals surface area contributed by atoms with E-state index in [2.05, 4.69) is 22.2 Å². The highest BCUT2D eigenvalue weighted by Gasteiger charge is 2.07. The molecule has 0 unspecified atom stereocenters. The minimum atomic E-state index is -0.270. The van der Waals surface area contributed by atoms with Crippen molar-refractivity contribution in [3.8, 4) is 11.4 Å². The SMILES string of the molecule is CCc1nc(-c2cccc(F)c2)ncc1CNC. The second-order valence-corrected chi connectivity index (χ2v) is 4.06. The van der Waals surface area contributed by atoms with Crippen molar-refractivity contribution in [2.24, 2.45) is 0 Å². The number of hydrogen-bond acceptors (Lipinski definition) is 3. The zero-order valence-electron chi connectivity index (χ0n) is 10.6. The van der Waals surface area contributed by atoms with E-state index in [-0.39, 0.29) is 5.82 Å². The Hall–Kier alpha value is -1.81. The molecule has 18 heavy (non-hydrogen) atoms. The monoisotopic (exact) mass is 245 g/mol. The van der Waals surface area contributed by atoms with Crippen molar-refractivity contribution in [2.75, 3.05) is 7.05 Å². The summed E-state index contributed by atoms with van der Waals surface area (Å²) < 4.78 is 13.2. The van der Waals surface area contributed by atoms with Crippen molar-refractivity contribution in [2.45, 2.75) is 19.9 Å². The highest BCUT2D eigenvalue weighted by atomic mass is 19.1. The van der Waals surface area contributed by atoms with E-state index in [4.69, 9.17) is 0 Å². The maximum atomic E-state index is 13.2. The molecule has 0 radical (unpaired) electrons. The smallest absolute Gasteiger partial charge is 0.159 e. The number of hydrogen-bond donors (Lipinski definition) is 1. The quantitative estimate of drug-likeness (QED) is 0.899. The van der Waals surface area contributed by atoms with E-state index in [0.29, 0.717) is 11.4 Å². The summed E-state index contributed by atoms with van der Waals surface area (Å²) in [6, 6.07) is 6.35. The summed E-state index contributed by atoms with van der Waals surface area (Å²) in [5.41, 5.74) is 2.79. The number of benzene rings is 1. The minimum absolute atomic E-state index is 0.270. The van der Waals surface area contributed by atoms with Gasteiger partial charge in [-0.05, 0) is 25.6 Å². The molecule has 1 aromatic heterocycles. The highest BCUT2D eigenvalue weighted by molar-refractivity contribution is 5.55. The second kappa shape index (κ2) is 5.69. The highest BCUT2D eigenvalue weighted by Crippen LogP contribution is 2.17. The molecule has 0 amide bonds. The van der Waals surface area contributed by atoms with Gasteiger partial charge < -0.3 is 5.32 Å². The molecule has 0 aliphatic heterocycles. The van der Waals surface area contributed by atoms with Gasteiger partial charge in [0, 0.05) is 29.6 Å². The third-order valence-corrected chi connectivity index (χ3v) is 2.74. The van der Waals surface area contributed by atoms with Gasteiger partial charge in [0.15, 0.2) is 5.82 Å². The van der Waals surface area contributed by atoms with Crippen LogP contribution in [-0.2, 0) is 13.0 Å². The number of aryl methyl sites for hydroxylation is 1. The fourth-order valence-electron chi connectivity index (χ4n) is 1.85. The molecule has 1 heterocycles. The zero-order chi connectivity index (χ0) is 13.0. The average Bonchev–Trinajstić information content (AvgIpc) is 2.39. The number of nitrogens with one attached hydrogen (secondary N) is 1. The van der Waals surface area contributed by atoms with E-state index in [9.17, 15) is 4.39 Å². The molecule has 2 aromatic rings. The molecule has 0 saturated carbocycles. The van der Waals surface area contributed by atoms with Crippen LogP contribution in [0.4, 0.5) is 4.39 Å². The van der Waals surface area contributed by atoms with Gasteiger partial charge in [-0.2, -0.15) is 0 Å². The number of halogens is 1. The molecule has 0 aliphatic rings. The fraction of sp³-hybridized carbons (Fsp3) is 0.286. The Bertz CT molecular complexity index is 540. The van der Waals surface area contributed by atoms with Crippen molar-refractivity contribution < 1.29 is 4.39 Å². The molecule has 0 fully saturated rings. The summed E-state index contributed by atoms with van der Waals surface area (Å²) in [5.74, 6) is 0.305. The van der Waals surface area contributed by atoms with E-state index in [0.717, 1.165) is 24.2 Å². The van der Waals surface area contributed by atoms with Crippen molar-refractivity contribution in [1.82, 2.24) is 15.3 Å². The summed E-state index contributed by atoms with van der Waals surface area (Å²) in [5, 5.41) is 3.09. The third kappa shape index (κ3) is 2.71. The molecule has 1 aromatic carbocycles. The molecule has 0 bridgehead atoms. The summed E-state index contributed by atoms with van der Waals surface area (Å²) in [6.07, 6.45) is 2.64. The first kappa shape index (κ1) is 12.6. The normalized spacial score (nSPS) is 10.6. The van der Waals surface area contributed by atoms with Crippen LogP contribution in [0.15, 0.2) is 30.5 Å². The van der Waals surface area contributed by atoms with Crippen LogP contribution in [0.5, 0.6) is 0 Å². The molecule has 94 valence electrons. The van der Waals surface area contributed by atoms with Crippen molar-refractivity contribution >= 4 is 0 Å². The van der Waals surface area contributed by atoms with Crippen LogP contribution < -0.4 is 5.32 Å². The van der Waals surface area contributed by atoms with Crippen LogP contribution in [0, 0.1) is 5.82 Å². The summed E-state index contributed by atoms with van der Waals surface area (Å²) in [6.45, 7) is 2.80. The van der Waals surface area contributed by atoms with E-state index >= 15 is 0 Å². The lowest BCUT2D eigenvalue weighted by Crippen LogP contribution is -2.10. The van der Waals surface area contributed by atoms with Crippen LogP contribution in [0.3, 0.4) is 0 Å². The first-order chi connectivity index (χ1) is 8.74.